The van der Waals surface area contributed by atoms with Crippen LogP contribution >= 0.6 is 11.3 Å². The standard InChI is InChI=1S/C25H29N3O6S/c29-20-15-23(28-11-13-33-14-12-28)34-24-19(16-35-25(20)24)17-7-9-18(10-8-17)26-21(30)5-3-1-2-4-6-22(31)27-32/h7-10,15-16,32H,1-6,11-14H2,(H,26,30)(H,27,31). The van der Waals surface area contributed by atoms with Crippen LogP contribution in [-0.2, 0) is 14.3 Å². The Balaban J connectivity index is 1.35. The van der Waals surface area contributed by atoms with Crippen molar-refractivity contribution in [2.24, 2.45) is 0 Å². The van der Waals surface area contributed by atoms with Crippen LogP contribution in [0.15, 0.2) is 44.9 Å². The van der Waals surface area contributed by atoms with Crippen molar-refractivity contribution in [2.75, 3.05) is 36.5 Å². The SMILES string of the molecule is O=C(CCCCCCC(=O)Nc1ccc(-c2csc3c(=O)cc(N4CCOCC4)oc23)cc1)NO. The monoisotopic (exact) mass is 499 g/mol. The molecule has 10 heteroatoms. The van der Waals surface area contributed by atoms with Crippen LogP contribution in [0.1, 0.15) is 38.5 Å². The normalized spacial score (nSPS) is 13.7. The minimum absolute atomic E-state index is 0.0514. The molecule has 1 aliphatic heterocycles. The van der Waals surface area contributed by atoms with Crippen molar-refractivity contribution in [1.82, 2.24) is 5.48 Å². The highest BCUT2D eigenvalue weighted by atomic mass is 32.1. The zero-order valence-electron chi connectivity index (χ0n) is 19.4. The number of benzene rings is 1. The average Bonchev–Trinajstić information content (AvgIpc) is 3.31. The van der Waals surface area contributed by atoms with Gasteiger partial charge in [0.05, 0.1) is 13.2 Å². The van der Waals surface area contributed by atoms with Gasteiger partial charge in [-0.3, -0.25) is 19.6 Å². The Hall–Kier alpha value is -3.21. The second kappa shape index (κ2) is 12.0. The summed E-state index contributed by atoms with van der Waals surface area (Å²) in [6.07, 6.45) is 3.77. The second-order valence-corrected chi connectivity index (χ2v) is 9.31. The number of thiophene rings is 1. The van der Waals surface area contributed by atoms with E-state index >= 15 is 0 Å². The molecule has 1 saturated heterocycles. The van der Waals surface area contributed by atoms with Gasteiger partial charge in [0.1, 0.15) is 4.70 Å². The summed E-state index contributed by atoms with van der Waals surface area (Å²) in [7, 11) is 0. The summed E-state index contributed by atoms with van der Waals surface area (Å²) in [4.78, 5) is 37.9. The highest BCUT2D eigenvalue weighted by Gasteiger charge is 2.18. The number of carbonyl (C=O) groups excluding carboxylic acids is 2. The minimum Gasteiger partial charge on any atom is -0.439 e. The maximum atomic E-state index is 12.7. The minimum atomic E-state index is -0.388. The van der Waals surface area contributed by atoms with Gasteiger partial charge < -0.3 is 19.4 Å². The van der Waals surface area contributed by atoms with Crippen molar-refractivity contribution in [3.05, 3.63) is 45.9 Å². The molecule has 0 bridgehead atoms. The predicted octanol–water partition coefficient (Wildman–Crippen LogP) is 4.14. The average molecular weight is 500 g/mol. The summed E-state index contributed by atoms with van der Waals surface area (Å²) in [5, 5.41) is 13.3. The lowest BCUT2D eigenvalue weighted by Crippen LogP contribution is -2.36. The van der Waals surface area contributed by atoms with E-state index in [2.05, 4.69) is 5.32 Å². The van der Waals surface area contributed by atoms with Crippen molar-refractivity contribution < 1.29 is 24.0 Å². The number of carbonyl (C=O) groups is 2. The van der Waals surface area contributed by atoms with Crippen molar-refractivity contribution in [2.45, 2.75) is 38.5 Å². The molecule has 3 N–H and O–H groups in total. The molecule has 1 fully saturated rings. The molecular weight excluding hydrogens is 470 g/mol. The van der Waals surface area contributed by atoms with Crippen LogP contribution in [-0.4, -0.2) is 43.3 Å². The van der Waals surface area contributed by atoms with Gasteiger partial charge in [0, 0.05) is 48.6 Å². The number of anilines is 2. The zero-order chi connectivity index (χ0) is 24.6. The molecule has 186 valence electrons. The Bertz CT molecular complexity index is 1210. The summed E-state index contributed by atoms with van der Waals surface area (Å²) in [6, 6.07) is 9.05. The van der Waals surface area contributed by atoms with Crippen molar-refractivity contribution in [3.63, 3.8) is 0 Å². The fraction of sp³-hybridized carbons (Fsp3) is 0.400. The van der Waals surface area contributed by atoms with Gasteiger partial charge in [0.25, 0.3) is 0 Å². The first kappa shape index (κ1) is 24.9. The van der Waals surface area contributed by atoms with E-state index in [1.54, 1.807) is 11.5 Å². The molecule has 9 nitrogen and oxygen atoms in total. The van der Waals surface area contributed by atoms with Gasteiger partial charge in [-0.15, -0.1) is 11.3 Å². The number of nitrogens with one attached hydrogen (secondary N) is 2. The molecule has 0 aliphatic carbocycles. The number of unbranched alkanes of at least 4 members (excludes halogenated alkanes) is 3. The Morgan fingerprint density at radius 2 is 1.69 bits per heavy atom. The Labute approximate surface area is 206 Å². The number of rotatable bonds is 10. The van der Waals surface area contributed by atoms with E-state index in [9.17, 15) is 14.4 Å². The molecule has 2 aromatic heterocycles. The Morgan fingerprint density at radius 1 is 1.00 bits per heavy atom. The summed E-state index contributed by atoms with van der Waals surface area (Å²) in [5.74, 6) is 0.111. The van der Waals surface area contributed by atoms with Crippen molar-refractivity contribution in [3.8, 4) is 11.1 Å². The quantitative estimate of drug-likeness (QED) is 0.218. The largest absolute Gasteiger partial charge is 0.439 e. The molecule has 3 aromatic rings. The van der Waals surface area contributed by atoms with E-state index in [0.717, 1.165) is 30.4 Å². The fourth-order valence-corrected chi connectivity index (χ4v) is 4.92. The molecule has 2 amide bonds. The first-order valence-corrected chi connectivity index (χ1v) is 12.6. The predicted molar refractivity (Wildman–Crippen MR) is 135 cm³/mol. The molecule has 1 aromatic carbocycles. The van der Waals surface area contributed by atoms with E-state index in [1.165, 1.54) is 11.3 Å². The van der Waals surface area contributed by atoms with E-state index in [4.69, 9.17) is 14.4 Å². The molecule has 0 radical (unpaired) electrons. The van der Waals surface area contributed by atoms with Crippen LogP contribution in [0.5, 0.6) is 0 Å². The highest BCUT2D eigenvalue weighted by molar-refractivity contribution is 7.17. The maximum Gasteiger partial charge on any atom is 0.243 e. The molecule has 0 saturated carbocycles. The lowest BCUT2D eigenvalue weighted by molar-refractivity contribution is -0.129. The molecule has 0 spiro atoms. The third-order valence-electron chi connectivity index (χ3n) is 5.92. The first-order valence-electron chi connectivity index (χ1n) is 11.8. The number of morpholine rings is 1. The van der Waals surface area contributed by atoms with Gasteiger partial charge in [-0.2, -0.15) is 0 Å². The summed E-state index contributed by atoms with van der Waals surface area (Å²) >= 11 is 1.37. The van der Waals surface area contributed by atoms with Gasteiger partial charge in [-0.05, 0) is 30.5 Å². The van der Waals surface area contributed by atoms with Crippen LogP contribution in [0.2, 0.25) is 0 Å². The van der Waals surface area contributed by atoms with Crippen molar-refractivity contribution in [1.29, 1.82) is 0 Å². The van der Waals surface area contributed by atoms with Gasteiger partial charge in [0.15, 0.2) is 11.5 Å². The summed E-state index contributed by atoms with van der Waals surface area (Å²) < 4.78 is 12.2. The molecular formula is C25H29N3O6S. The number of fused-ring (bicyclic) bond motifs is 1. The number of amides is 2. The summed E-state index contributed by atoms with van der Waals surface area (Å²) in [5.41, 5.74) is 4.60. The Kier molecular flexibility index (Phi) is 8.51. The molecule has 0 unspecified atom stereocenters. The highest BCUT2D eigenvalue weighted by Crippen LogP contribution is 2.35. The fourth-order valence-electron chi connectivity index (χ4n) is 4.01. The number of hydrogen-bond acceptors (Lipinski definition) is 8. The van der Waals surface area contributed by atoms with Crippen molar-refractivity contribution >= 4 is 45.0 Å². The number of ether oxygens (including phenoxy) is 1. The second-order valence-electron chi connectivity index (χ2n) is 8.43. The smallest absolute Gasteiger partial charge is 0.243 e. The van der Waals surface area contributed by atoms with Crippen LogP contribution < -0.4 is 21.1 Å². The van der Waals surface area contributed by atoms with E-state index in [0.29, 0.717) is 61.0 Å². The first-order chi connectivity index (χ1) is 17.0. The van der Waals surface area contributed by atoms with Crippen LogP contribution in [0.4, 0.5) is 11.6 Å². The zero-order valence-corrected chi connectivity index (χ0v) is 20.2. The topological polar surface area (TPSA) is 121 Å². The number of nitrogens with zero attached hydrogens (tertiary/aromatic N) is 1. The molecule has 0 atom stereocenters. The molecule has 4 rings (SSSR count). The van der Waals surface area contributed by atoms with E-state index < -0.39 is 0 Å². The molecule has 35 heavy (non-hydrogen) atoms. The van der Waals surface area contributed by atoms with E-state index in [-0.39, 0.29) is 23.7 Å². The van der Waals surface area contributed by atoms with Crippen LogP contribution in [0.25, 0.3) is 21.4 Å². The van der Waals surface area contributed by atoms with Crippen LogP contribution in [0.3, 0.4) is 0 Å². The lowest BCUT2D eigenvalue weighted by atomic mass is 10.1. The maximum absolute atomic E-state index is 12.7. The molecule has 1 aliphatic rings. The summed E-state index contributed by atoms with van der Waals surface area (Å²) in [6.45, 7) is 2.58. The number of hydrogen-bond donors (Lipinski definition) is 3. The van der Waals surface area contributed by atoms with Gasteiger partial charge >= 0.3 is 0 Å². The number of hydroxylamine groups is 1. The van der Waals surface area contributed by atoms with Gasteiger partial charge in [-0.25, -0.2) is 5.48 Å². The Morgan fingerprint density at radius 3 is 2.37 bits per heavy atom. The third kappa shape index (κ3) is 6.47. The third-order valence-corrected chi connectivity index (χ3v) is 6.89. The van der Waals surface area contributed by atoms with E-state index in [1.807, 2.05) is 34.5 Å². The van der Waals surface area contributed by atoms with Gasteiger partial charge in [-0.1, -0.05) is 25.0 Å². The molecule has 3 heterocycles. The lowest BCUT2D eigenvalue weighted by Gasteiger charge is -2.27. The van der Waals surface area contributed by atoms with Gasteiger partial charge in [0.2, 0.25) is 17.2 Å². The van der Waals surface area contributed by atoms with Crippen LogP contribution in [0, 0.1) is 0 Å².